The molecule has 4 heterocycles. The van der Waals surface area contributed by atoms with E-state index < -0.39 is 17.9 Å². The lowest BCUT2D eigenvalue weighted by atomic mass is 10.2. The van der Waals surface area contributed by atoms with Crippen LogP contribution in [0.2, 0.25) is 0 Å². The molecule has 1 saturated carbocycles. The van der Waals surface area contributed by atoms with Crippen LogP contribution >= 0.6 is 0 Å². The lowest BCUT2D eigenvalue weighted by Crippen LogP contribution is -2.34. The molecule has 39 heavy (non-hydrogen) atoms. The summed E-state index contributed by atoms with van der Waals surface area (Å²) in [5.74, 6) is -1.93. The molecule has 0 aliphatic heterocycles. The minimum atomic E-state index is -2.73. The maximum Gasteiger partial charge on any atom is 0.253 e. The van der Waals surface area contributed by atoms with Gasteiger partial charge in [0, 0.05) is 49.0 Å². The fourth-order valence-corrected chi connectivity index (χ4v) is 4.58. The number of benzene rings is 1. The number of halogens is 2. The van der Waals surface area contributed by atoms with Crippen LogP contribution in [0, 0.1) is 0 Å². The molecule has 1 amide bonds. The van der Waals surface area contributed by atoms with Gasteiger partial charge >= 0.3 is 0 Å². The highest BCUT2D eigenvalue weighted by Gasteiger charge is 2.40. The normalized spacial score (nSPS) is 16.6. The number of pyridine rings is 1. The van der Waals surface area contributed by atoms with Crippen molar-refractivity contribution in [2.45, 2.75) is 44.4 Å². The highest BCUT2D eigenvalue weighted by atomic mass is 19.3. The van der Waals surface area contributed by atoms with E-state index >= 15 is 0 Å². The first-order chi connectivity index (χ1) is 18.9. The van der Waals surface area contributed by atoms with Gasteiger partial charge in [-0.05, 0) is 24.6 Å². The van der Waals surface area contributed by atoms with Crippen LogP contribution < -0.4 is 10.1 Å². The molecule has 0 bridgehead atoms. The molecular formula is C26H23F2N7O4. The van der Waals surface area contributed by atoms with Crippen LogP contribution in [-0.2, 0) is 18.0 Å². The molecule has 11 nitrogen and oxygen atoms in total. The van der Waals surface area contributed by atoms with E-state index in [-0.39, 0.29) is 38.0 Å². The van der Waals surface area contributed by atoms with Gasteiger partial charge in [-0.15, -0.1) is 15.3 Å². The van der Waals surface area contributed by atoms with Crippen LogP contribution in [0.4, 0.5) is 8.78 Å². The standard InChI is InChI=1S/C26H23F2N7O4/c1-37-14-18-10-21(34-39-18)23-32-31-22-19-4-2-3-5-20(19)25(33-35(22)23)38-13-17-7-6-15(12-29-17)24(36)30-16-8-9-26(27,28)11-16/h2-7,10,12,16H,8-9,11,13-14H2,1H3,(H,30,36). The van der Waals surface area contributed by atoms with Gasteiger partial charge in [0.2, 0.25) is 17.6 Å². The fourth-order valence-electron chi connectivity index (χ4n) is 4.58. The molecule has 1 unspecified atom stereocenters. The largest absolute Gasteiger partial charge is 0.470 e. The number of alkyl halides is 2. The van der Waals surface area contributed by atoms with E-state index in [0.29, 0.717) is 34.5 Å². The van der Waals surface area contributed by atoms with Crippen molar-refractivity contribution in [2.75, 3.05) is 7.11 Å². The highest BCUT2D eigenvalue weighted by Crippen LogP contribution is 2.35. The van der Waals surface area contributed by atoms with E-state index in [1.165, 1.54) is 6.20 Å². The number of fused-ring (bicyclic) bond motifs is 3. The quantitative estimate of drug-likeness (QED) is 0.314. The number of carbonyl (C=O) groups excluding carboxylic acids is 1. The number of hydrogen-bond acceptors (Lipinski definition) is 9. The monoisotopic (exact) mass is 535 g/mol. The van der Waals surface area contributed by atoms with Crippen LogP contribution in [0.1, 0.15) is 41.1 Å². The number of carbonyl (C=O) groups is 1. The molecule has 200 valence electrons. The highest BCUT2D eigenvalue weighted by molar-refractivity contribution is 5.97. The van der Waals surface area contributed by atoms with Gasteiger partial charge < -0.3 is 19.3 Å². The van der Waals surface area contributed by atoms with E-state index in [0.717, 1.165) is 10.8 Å². The minimum absolute atomic E-state index is 0.0681. The van der Waals surface area contributed by atoms with Crippen LogP contribution in [0.5, 0.6) is 5.88 Å². The summed E-state index contributed by atoms with van der Waals surface area (Å²) >= 11 is 0. The molecule has 5 aromatic rings. The Morgan fingerprint density at radius 1 is 1.18 bits per heavy atom. The molecule has 0 saturated heterocycles. The first kappa shape index (κ1) is 24.8. The van der Waals surface area contributed by atoms with Gasteiger partial charge in [0.1, 0.15) is 13.2 Å². The number of rotatable bonds is 8. The van der Waals surface area contributed by atoms with Crippen molar-refractivity contribution in [2.24, 2.45) is 0 Å². The van der Waals surface area contributed by atoms with Crippen LogP contribution in [0.15, 0.2) is 53.2 Å². The summed E-state index contributed by atoms with van der Waals surface area (Å²) in [6.45, 7) is 0.330. The Morgan fingerprint density at radius 3 is 2.77 bits per heavy atom. The smallest absolute Gasteiger partial charge is 0.253 e. The number of nitrogens with zero attached hydrogens (tertiary/aromatic N) is 6. The summed E-state index contributed by atoms with van der Waals surface area (Å²) in [6.07, 6.45) is 1.09. The number of aromatic nitrogens is 6. The molecule has 0 radical (unpaired) electrons. The number of hydrogen-bond donors (Lipinski definition) is 1. The third-order valence-electron chi connectivity index (χ3n) is 6.49. The predicted octanol–water partition coefficient (Wildman–Crippen LogP) is 3.97. The van der Waals surface area contributed by atoms with Gasteiger partial charge in [-0.3, -0.25) is 9.78 Å². The lowest BCUT2D eigenvalue weighted by molar-refractivity contribution is 0.00710. The number of nitrogens with one attached hydrogen (secondary N) is 1. The fraction of sp³-hybridized carbons (Fsp3) is 0.308. The molecule has 1 aliphatic carbocycles. The summed E-state index contributed by atoms with van der Waals surface area (Å²) in [6, 6.07) is 11.9. The zero-order chi connectivity index (χ0) is 27.0. The van der Waals surface area contributed by atoms with E-state index in [1.807, 2.05) is 24.3 Å². The van der Waals surface area contributed by atoms with Crippen LogP contribution in [-0.4, -0.2) is 54.9 Å². The maximum atomic E-state index is 13.4. The van der Waals surface area contributed by atoms with Crippen LogP contribution in [0.3, 0.4) is 0 Å². The van der Waals surface area contributed by atoms with Crippen molar-refractivity contribution in [3.63, 3.8) is 0 Å². The summed E-state index contributed by atoms with van der Waals surface area (Å²) in [4.78, 5) is 16.8. The lowest BCUT2D eigenvalue weighted by Gasteiger charge is -2.13. The third-order valence-corrected chi connectivity index (χ3v) is 6.49. The van der Waals surface area contributed by atoms with Crippen molar-refractivity contribution in [3.8, 4) is 17.4 Å². The average molecular weight is 536 g/mol. The number of methoxy groups -OCH3 is 1. The Morgan fingerprint density at radius 2 is 2.03 bits per heavy atom. The Balaban J connectivity index is 1.22. The van der Waals surface area contributed by atoms with Crippen molar-refractivity contribution in [3.05, 3.63) is 65.7 Å². The molecule has 1 atom stereocenters. The van der Waals surface area contributed by atoms with Gasteiger partial charge in [-0.25, -0.2) is 8.78 Å². The molecule has 1 aromatic carbocycles. The molecule has 0 spiro atoms. The second-order valence-electron chi connectivity index (χ2n) is 9.32. The zero-order valence-corrected chi connectivity index (χ0v) is 20.8. The topological polar surface area (TPSA) is 130 Å². The predicted molar refractivity (Wildman–Crippen MR) is 133 cm³/mol. The van der Waals surface area contributed by atoms with E-state index in [1.54, 1.807) is 29.8 Å². The zero-order valence-electron chi connectivity index (χ0n) is 20.8. The Kier molecular flexibility index (Phi) is 6.35. The van der Waals surface area contributed by atoms with Crippen molar-refractivity contribution >= 4 is 22.3 Å². The van der Waals surface area contributed by atoms with E-state index in [2.05, 4.69) is 30.8 Å². The summed E-state index contributed by atoms with van der Waals surface area (Å²) < 4.78 is 44.8. The maximum absolute atomic E-state index is 13.4. The van der Waals surface area contributed by atoms with Gasteiger partial charge in [0.25, 0.3) is 5.91 Å². The average Bonchev–Trinajstić information content (AvgIpc) is 3.66. The first-order valence-corrected chi connectivity index (χ1v) is 12.3. The third kappa shape index (κ3) is 5.00. The van der Waals surface area contributed by atoms with E-state index in [9.17, 15) is 13.6 Å². The SMILES string of the molecule is COCc1cc(-c2nnc3c4ccccc4c(OCc4ccc(C(=O)NC5CCC(F)(F)C5)cn4)nn23)no1. The van der Waals surface area contributed by atoms with Crippen LogP contribution in [0.25, 0.3) is 27.9 Å². The molecular weight excluding hydrogens is 512 g/mol. The Hall–Kier alpha value is -4.52. The molecule has 1 aliphatic rings. The van der Waals surface area contributed by atoms with E-state index in [4.69, 9.17) is 14.0 Å². The second kappa shape index (κ2) is 9.98. The van der Waals surface area contributed by atoms with Crippen molar-refractivity contribution < 1.29 is 27.6 Å². The molecule has 6 rings (SSSR count). The van der Waals surface area contributed by atoms with Gasteiger partial charge in [0.05, 0.1) is 11.3 Å². The van der Waals surface area contributed by atoms with Gasteiger partial charge in [-0.2, -0.15) is 4.52 Å². The summed E-state index contributed by atoms with van der Waals surface area (Å²) in [7, 11) is 1.56. The van der Waals surface area contributed by atoms with Crippen molar-refractivity contribution in [1.82, 2.24) is 35.3 Å². The molecule has 13 heteroatoms. The van der Waals surface area contributed by atoms with Gasteiger partial charge in [0.15, 0.2) is 17.1 Å². The van der Waals surface area contributed by atoms with Gasteiger partial charge in [-0.1, -0.05) is 23.4 Å². The minimum Gasteiger partial charge on any atom is -0.470 e. The van der Waals surface area contributed by atoms with Crippen molar-refractivity contribution in [1.29, 1.82) is 0 Å². The number of ether oxygens (including phenoxy) is 2. The summed E-state index contributed by atoms with van der Waals surface area (Å²) in [5, 5.41) is 21.4. The second-order valence-corrected chi connectivity index (χ2v) is 9.32. The summed E-state index contributed by atoms with van der Waals surface area (Å²) in [5.41, 5.74) is 1.81. The number of amides is 1. The Bertz CT molecular complexity index is 1650. The first-order valence-electron chi connectivity index (χ1n) is 12.3. The molecule has 1 N–H and O–H groups in total. The molecule has 4 aromatic heterocycles. The molecule has 1 fully saturated rings. The Labute approximate surface area is 220 Å².